The van der Waals surface area contributed by atoms with Crippen molar-refractivity contribution in [3.05, 3.63) is 29.8 Å². The van der Waals surface area contributed by atoms with Gasteiger partial charge in [0, 0.05) is 71.5 Å². The number of nitrogens with zero attached hydrogens (tertiary/aromatic N) is 4. The minimum Gasteiger partial charge on any atom is -0.396 e. The molecular formula is C28H46N4O3S. The largest absolute Gasteiger partial charge is 0.396 e. The summed E-state index contributed by atoms with van der Waals surface area (Å²) in [6.07, 6.45) is 2.85. The molecule has 4 rings (SSSR count). The van der Waals surface area contributed by atoms with Gasteiger partial charge in [-0.1, -0.05) is 39.0 Å². The predicted molar refractivity (Wildman–Crippen MR) is 149 cm³/mol. The first-order valence-electron chi connectivity index (χ1n) is 13.5. The lowest BCUT2D eigenvalue weighted by atomic mass is 9.92. The third kappa shape index (κ3) is 6.56. The predicted octanol–water partition coefficient (Wildman–Crippen LogP) is 3.68. The van der Waals surface area contributed by atoms with E-state index in [0.29, 0.717) is 25.6 Å². The molecule has 2 unspecified atom stereocenters. The van der Waals surface area contributed by atoms with E-state index < -0.39 is 0 Å². The molecule has 3 fully saturated rings. The normalized spacial score (nSPS) is 24.6. The van der Waals surface area contributed by atoms with Gasteiger partial charge in [0.15, 0.2) is 0 Å². The monoisotopic (exact) mass is 518 g/mol. The van der Waals surface area contributed by atoms with Crippen LogP contribution >= 0.6 is 11.8 Å². The molecule has 0 bridgehead atoms. The summed E-state index contributed by atoms with van der Waals surface area (Å²) < 4.78 is 0. The molecule has 3 saturated heterocycles. The van der Waals surface area contributed by atoms with E-state index >= 15 is 0 Å². The summed E-state index contributed by atoms with van der Waals surface area (Å²) in [6.45, 7) is 12.9. The summed E-state index contributed by atoms with van der Waals surface area (Å²) in [4.78, 5) is 35.6. The maximum absolute atomic E-state index is 13.7. The van der Waals surface area contributed by atoms with Gasteiger partial charge in [-0.2, -0.15) is 0 Å². The standard InChI is InChI=1S/C28H44N4O3S.H2/c1-28(2,3)11-14-32-26(35)24(19-25(34)31-12-9-21(20-33)10-13-31)36-27(32)22-7-5-6-8-23(22)30-17-15-29(4)16-18-30;/h5-8,21,24,27,33H,9-20H2,1-4H3;1H. The van der Waals surface area contributed by atoms with Gasteiger partial charge in [0.2, 0.25) is 11.8 Å². The highest BCUT2D eigenvalue weighted by atomic mass is 32.2. The first-order valence-corrected chi connectivity index (χ1v) is 14.5. The van der Waals surface area contributed by atoms with Gasteiger partial charge in [-0.15, -0.1) is 11.8 Å². The van der Waals surface area contributed by atoms with Crippen molar-refractivity contribution in [2.75, 3.05) is 64.4 Å². The second-order valence-electron chi connectivity index (χ2n) is 11.9. The molecule has 0 spiro atoms. The van der Waals surface area contributed by atoms with Crippen LogP contribution < -0.4 is 4.90 Å². The molecule has 2 amide bonds. The number of aliphatic hydroxyl groups excluding tert-OH is 1. The number of amides is 2. The van der Waals surface area contributed by atoms with Crippen LogP contribution in [0.2, 0.25) is 0 Å². The first-order chi connectivity index (χ1) is 17.2. The van der Waals surface area contributed by atoms with E-state index in [2.05, 4.69) is 61.9 Å². The molecule has 7 nitrogen and oxygen atoms in total. The lowest BCUT2D eigenvalue weighted by Crippen LogP contribution is -2.45. The zero-order valence-electron chi connectivity index (χ0n) is 22.5. The van der Waals surface area contributed by atoms with Gasteiger partial charge in [-0.25, -0.2) is 0 Å². The molecule has 0 aliphatic carbocycles. The van der Waals surface area contributed by atoms with Crippen LogP contribution in [0.1, 0.15) is 58.8 Å². The SMILES string of the molecule is CN1CCN(c2ccccc2C2SC(CC(=O)N3CCC(CO)CC3)C(=O)N2CCC(C)(C)C)CC1.[HH]. The van der Waals surface area contributed by atoms with E-state index in [4.69, 9.17) is 0 Å². The molecule has 1 aromatic rings. The fourth-order valence-electron chi connectivity index (χ4n) is 5.33. The number of hydrogen-bond acceptors (Lipinski definition) is 6. The average Bonchev–Trinajstić information content (AvgIpc) is 3.17. The molecule has 1 aromatic carbocycles. The van der Waals surface area contributed by atoms with Crippen molar-refractivity contribution in [1.82, 2.24) is 14.7 Å². The van der Waals surface area contributed by atoms with Gasteiger partial charge in [0.05, 0.1) is 5.25 Å². The summed E-state index contributed by atoms with van der Waals surface area (Å²) in [5, 5.41) is 9.00. The number of carbonyl (C=O) groups is 2. The number of carbonyl (C=O) groups excluding carboxylic acids is 2. The molecule has 2 atom stereocenters. The Kier molecular flexibility index (Phi) is 8.89. The fraction of sp³-hybridized carbons (Fsp3) is 0.714. The third-order valence-electron chi connectivity index (χ3n) is 7.87. The number of piperazine rings is 1. The number of benzene rings is 1. The average molecular weight is 519 g/mol. The van der Waals surface area contributed by atoms with Crippen molar-refractivity contribution < 1.29 is 16.1 Å². The summed E-state index contributed by atoms with van der Waals surface area (Å²) in [6, 6.07) is 8.53. The van der Waals surface area contributed by atoms with Crippen LogP contribution in [-0.2, 0) is 9.59 Å². The Morgan fingerprint density at radius 2 is 1.75 bits per heavy atom. The molecule has 202 valence electrons. The fourth-order valence-corrected chi connectivity index (χ4v) is 6.84. The van der Waals surface area contributed by atoms with Crippen LogP contribution in [0.3, 0.4) is 0 Å². The van der Waals surface area contributed by atoms with Crippen molar-refractivity contribution >= 4 is 29.3 Å². The molecule has 8 heteroatoms. The highest BCUT2D eigenvalue weighted by molar-refractivity contribution is 8.01. The first kappa shape index (κ1) is 27.3. The lowest BCUT2D eigenvalue weighted by molar-refractivity contribution is -0.137. The number of rotatable bonds is 7. The summed E-state index contributed by atoms with van der Waals surface area (Å²) in [5.41, 5.74) is 2.53. The van der Waals surface area contributed by atoms with Gasteiger partial charge in [-0.3, -0.25) is 9.59 Å². The van der Waals surface area contributed by atoms with E-state index in [0.717, 1.165) is 45.4 Å². The van der Waals surface area contributed by atoms with Crippen LogP contribution in [0.4, 0.5) is 5.69 Å². The second kappa shape index (κ2) is 11.7. The van der Waals surface area contributed by atoms with Crippen molar-refractivity contribution in [1.29, 1.82) is 0 Å². The van der Waals surface area contributed by atoms with Crippen LogP contribution in [0.5, 0.6) is 0 Å². The van der Waals surface area contributed by atoms with Crippen LogP contribution in [0, 0.1) is 11.3 Å². The quantitative estimate of drug-likeness (QED) is 0.594. The second-order valence-corrected chi connectivity index (χ2v) is 13.2. The molecule has 3 aliphatic rings. The zero-order chi connectivity index (χ0) is 25.9. The molecule has 3 aliphatic heterocycles. The van der Waals surface area contributed by atoms with Gasteiger partial charge < -0.3 is 24.7 Å². The highest BCUT2D eigenvalue weighted by Crippen LogP contribution is 2.47. The third-order valence-corrected chi connectivity index (χ3v) is 9.33. The summed E-state index contributed by atoms with van der Waals surface area (Å²) in [7, 11) is 2.16. The molecule has 0 aromatic heterocycles. The number of thioether (sulfide) groups is 1. The van der Waals surface area contributed by atoms with E-state index in [-0.39, 0.29) is 42.3 Å². The van der Waals surface area contributed by atoms with Crippen molar-refractivity contribution in [3.63, 3.8) is 0 Å². The Bertz CT molecular complexity index is 911. The van der Waals surface area contributed by atoms with E-state index in [1.165, 1.54) is 11.3 Å². The Balaban J connectivity index is 0.00000380. The minimum atomic E-state index is -0.349. The van der Waals surface area contributed by atoms with Gasteiger partial charge in [0.1, 0.15) is 5.37 Å². The maximum Gasteiger partial charge on any atom is 0.237 e. The molecule has 36 heavy (non-hydrogen) atoms. The number of aliphatic hydroxyl groups is 1. The van der Waals surface area contributed by atoms with Gasteiger partial charge in [-0.05, 0) is 43.7 Å². The van der Waals surface area contributed by atoms with Gasteiger partial charge >= 0.3 is 0 Å². The van der Waals surface area contributed by atoms with Crippen LogP contribution in [-0.4, -0.2) is 96.3 Å². The minimum absolute atomic E-state index is 0. The number of para-hydroxylation sites is 1. The number of anilines is 1. The van der Waals surface area contributed by atoms with Crippen molar-refractivity contribution in [2.45, 2.75) is 57.1 Å². The maximum atomic E-state index is 13.7. The summed E-state index contributed by atoms with van der Waals surface area (Å²) >= 11 is 1.66. The van der Waals surface area contributed by atoms with Crippen molar-refractivity contribution in [2.24, 2.45) is 11.3 Å². The van der Waals surface area contributed by atoms with Crippen LogP contribution in [0.15, 0.2) is 24.3 Å². The Morgan fingerprint density at radius 1 is 1.08 bits per heavy atom. The molecular weight excluding hydrogens is 472 g/mol. The molecule has 0 saturated carbocycles. The lowest BCUT2D eigenvalue weighted by Gasteiger charge is -2.37. The van der Waals surface area contributed by atoms with E-state index in [1.807, 2.05) is 9.80 Å². The molecule has 3 heterocycles. The zero-order valence-corrected chi connectivity index (χ0v) is 23.3. The van der Waals surface area contributed by atoms with Crippen LogP contribution in [0.25, 0.3) is 0 Å². The smallest absolute Gasteiger partial charge is 0.237 e. The number of hydrogen-bond donors (Lipinski definition) is 1. The Labute approximate surface area is 222 Å². The number of likely N-dealkylation sites (tertiary alicyclic amines) is 1. The molecule has 0 radical (unpaired) electrons. The Morgan fingerprint density at radius 3 is 2.39 bits per heavy atom. The topological polar surface area (TPSA) is 67.3 Å². The highest BCUT2D eigenvalue weighted by Gasteiger charge is 2.43. The number of piperidine rings is 1. The van der Waals surface area contributed by atoms with Gasteiger partial charge in [0.25, 0.3) is 0 Å². The van der Waals surface area contributed by atoms with E-state index in [1.54, 1.807) is 11.8 Å². The van der Waals surface area contributed by atoms with Crippen molar-refractivity contribution in [3.8, 4) is 0 Å². The molecule has 1 N–H and O–H groups in total. The Hall–Kier alpha value is -1.77. The number of likely N-dealkylation sites (N-methyl/N-ethyl adjacent to an activating group) is 1. The summed E-state index contributed by atoms with van der Waals surface area (Å²) in [5.74, 6) is 0.460. The van der Waals surface area contributed by atoms with E-state index in [9.17, 15) is 14.7 Å².